The second-order valence-corrected chi connectivity index (χ2v) is 6.11. The number of carbonyl (C=O) groups is 1. The van der Waals surface area contributed by atoms with E-state index in [1.807, 2.05) is 67.4 Å². The van der Waals surface area contributed by atoms with Crippen molar-refractivity contribution in [2.24, 2.45) is 0 Å². The lowest BCUT2D eigenvalue weighted by Gasteiger charge is -2.25. The molecule has 2 aromatic rings. The maximum atomic E-state index is 11.6. The van der Waals surface area contributed by atoms with Gasteiger partial charge in [0.1, 0.15) is 6.04 Å². The van der Waals surface area contributed by atoms with Crippen molar-refractivity contribution in [3.8, 4) is 0 Å². The summed E-state index contributed by atoms with van der Waals surface area (Å²) in [5, 5.41) is 9.54. The molecule has 0 bridgehead atoms. The molecule has 0 spiro atoms. The van der Waals surface area contributed by atoms with Crippen LogP contribution in [0.5, 0.6) is 0 Å². The van der Waals surface area contributed by atoms with Gasteiger partial charge >= 0.3 is 5.97 Å². The van der Waals surface area contributed by atoms with Gasteiger partial charge in [0.25, 0.3) is 0 Å². The Kier molecular flexibility index (Phi) is 5.15. The predicted octanol–water partition coefficient (Wildman–Crippen LogP) is 4.02. The average molecular weight is 348 g/mol. The highest BCUT2D eigenvalue weighted by molar-refractivity contribution is 9.10. The van der Waals surface area contributed by atoms with E-state index in [2.05, 4.69) is 15.9 Å². The van der Waals surface area contributed by atoms with E-state index in [-0.39, 0.29) is 0 Å². The molecule has 1 atom stereocenters. The molecule has 0 radical (unpaired) electrons. The average Bonchev–Trinajstić information content (AvgIpc) is 2.43. The van der Waals surface area contributed by atoms with Crippen LogP contribution in [0.1, 0.15) is 22.7 Å². The lowest BCUT2D eigenvalue weighted by molar-refractivity contribution is -0.143. The van der Waals surface area contributed by atoms with E-state index in [1.54, 1.807) is 0 Å². The number of hydrogen-bond acceptors (Lipinski definition) is 2. The van der Waals surface area contributed by atoms with Gasteiger partial charge < -0.3 is 5.11 Å². The molecular formula is C17H18BrNO2. The lowest BCUT2D eigenvalue weighted by Crippen LogP contribution is -2.30. The van der Waals surface area contributed by atoms with Gasteiger partial charge in [-0.05, 0) is 37.2 Å². The third kappa shape index (κ3) is 4.16. The first-order valence-corrected chi connectivity index (χ1v) is 7.50. The van der Waals surface area contributed by atoms with E-state index < -0.39 is 12.0 Å². The van der Waals surface area contributed by atoms with Crippen molar-refractivity contribution in [3.63, 3.8) is 0 Å². The van der Waals surface area contributed by atoms with Crippen LogP contribution >= 0.6 is 15.9 Å². The molecule has 0 saturated heterocycles. The Morgan fingerprint density at radius 2 is 1.71 bits per heavy atom. The van der Waals surface area contributed by atoms with Crippen molar-refractivity contribution in [1.82, 2.24) is 4.90 Å². The summed E-state index contributed by atoms with van der Waals surface area (Å²) >= 11 is 3.40. The van der Waals surface area contributed by atoms with Crippen LogP contribution in [-0.2, 0) is 11.3 Å². The number of benzene rings is 2. The minimum absolute atomic E-state index is 0.581. The van der Waals surface area contributed by atoms with Crippen molar-refractivity contribution in [2.45, 2.75) is 19.5 Å². The van der Waals surface area contributed by atoms with Crippen LogP contribution in [0, 0.1) is 6.92 Å². The minimum atomic E-state index is -0.835. The maximum absolute atomic E-state index is 11.6. The van der Waals surface area contributed by atoms with Gasteiger partial charge in [0.05, 0.1) is 0 Å². The molecule has 0 fully saturated rings. The van der Waals surface area contributed by atoms with E-state index in [9.17, 15) is 9.90 Å². The molecule has 0 unspecified atom stereocenters. The molecule has 0 heterocycles. The molecule has 0 aliphatic rings. The number of hydrogen-bond donors (Lipinski definition) is 1. The maximum Gasteiger partial charge on any atom is 0.325 e. The van der Waals surface area contributed by atoms with Crippen LogP contribution in [0.25, 0.3) is 0 Å². The largest absolute Gasteiger partial charge is 0.480 e. The van der Waals surface area contributed by atoms with Gasteiger partial charge in [0, 0.05) is 11.0 Å². The van der Waals surface area contributed by atoms with Gasteiger partial charge in [-0.15, -0.1) is 0 Å². The van der Waals surface area contributed by atoms with Gasteiger partial charge in [-0.1, -0.05) is 57.9 Å². The zero-order chi connectivity index (χ0) is 15.4. The van der Waals surface area contributed by atoms with Crippen LogP contribution in [0.3, 0.4) is 0 Å². The van der Waals surface area contributed by atoms with E-state index in [4.69, 9.17) is 0 Å². The highest BCUT2D eigenvalue weighted by atomic mass is 79.9. The normalized spacial score (nSPS) is 12.4. The van der Waals surface area contributed by atoms with Crippen LogP contribution in [-0.4, -0.2) is 23.0 Å². The molecule has 2 aromatic carbocycles. The summed E-state index contributed by atoms with van der Waals surface area (Å²) in [5.41, 5.74) is 3.00. The smallest absolute Gasteiger partial charge is 0.325 e. The quantitative estimate of drug-likeness (QED) is 0.887. The van der Waals surface area contributed by atoms with Crippen molar-refractivity contribution < 1.29 is 9.90 Å². The fourth-order valence-corrected chi connectivity index (χ4v) is 2.57. The van der Waals surface area contributed by atoms with E-state index in [0.717, 1.165) is 21.2 Å². The zero-order valence-corrected chi connectivity index (χ0v) is 13.7. The topological polar surface area (TPSA) is 40.5 Å². The highest BCUT2D eigenvalue weighted by Gasteiger charge is 2.24. The number of halogens is 1. The molecule has 0 aromatic heterocycles. The third-order valence-corrected chi connectivity index (χ3v) is 3.94. The van der Waals surface area contributed by atoms with Crippen molar-refractivity contribution in [2.75, 3.05) is 7.05 Å². The SMILES string of the molecule is Cc1ccc([C@@H](C(=O)O)N(C)Cc2ccc(Br)cc2)cc1. The molecule has 0 amide bonds. The molecule has 110 valence electrons. The first kappa shape index (κ1) is 15.7. The summed E-state index contributed by atoms with van der Waals surface area (Å²) in [5.74, 6) is -0.835. The molecule has 3 nitrogen and oxygen atoms in total. The monoisotopic (exact) mass is 347 g/mol. The lowest BCUT2D eigenvalue weighted by atomic mass is 10.0. The minimum Gasteiger partial charge on any atom is -0.480 e. The Morgan fingerprint density at radius 1 is 1.14 bits per heavy atom. The Labute approximate surface area is 133 Å². The Bertz CT molecular complexity index is 608. The first-order chi connectivity index (χ1) is 9.97. The number of aryl methyl sites for hydroxylation is 1. The first-order valence-electron chi connectivity index (χ1n) is 6.71. The number of carboxylic acid groups (broad SMARTS) is 1. The Balaban J connectivity index is 2.19. The van der Waals surface area contributed by atoms with E-state index in [1.165, 1.54) is 0 Å². The molecule has 2 rings (SSSR count). The molecule has 0 aliphatic carbocycles. The molecule has 0 saturated carbocycles. The van der Waals surface area contributed by atoms with Gasteiger partial charge in [0.2, 0.25) is 0 Å². The van der Waals surface area contributed by atoms with Crippen LogP contribution in [0.4, 0.5) is 0 Å². The number of rotatable bonds is 5. The Morgan fingerprint density at radius 3 is 2.24 bits per heavy atom. The molecule has 0 aliphatic heterocycles. The van der Waals surface area contributed by atoms with Crippen molar-refractivity contribution in [3.05, 3.63) is 69.7 Å². The number of likely N-dealkylation sites (N-methyl/N-ethyl adjacent to an activating group) is 1. The van der Waals surface area contributed by atoms with Gasteiger partial charge in [-0.2, -0.15) is 0 Å². The van der Waals surface area contributed by atoms with Crippen LogP contribution in [0.2, 0.25) is 0 Å². The summed E-state index contributed by atoms with van der Waals surface area (Å²) < 4.78 is 1.02. The molecular weight excluding hydrogens is 330 g/mol. The summed E-state index contributed by atoms with van der Waals surface area (Å²) in [4.78, 5) is 13.5. The predicted molar refractivity (Wildman–Crippen MR) is 87.2 cm³/mol. The zero-order valence-electron chi connectivity index (χ0n) is 12.1. The number of nitrogens with zero attached hydrogens (tertiary/aromatic N) is 1. The third-order valence-electron chi connectivity index (χ3n) is 3.41. The van der Waals surface area contributed by atoms with Crippen LogP contribution in [0.15, 0.2) is 53.0 Å². The fourth-order valence-electron chi connectivity index (χ4n) is 2.30. The van der Waals surface area contributed by atoms with Crippen LogP contribution < -0.4 is 0 Å². The standard InChI is InChI=1S/C17H18BrNO2/c1-12-3-7-14(8-4-12)16(17(20)21)19(2)11-13-5-9-15(18)10-6-13/h3-10,16H,11H2,1-2H3,(H,20,21)/t16-/m0/s1. The van der Waals surface area contributed by atoms with Gasteiger partial charge in [-0.25, -0.2) is 0 Å². The highest BCUT2D eigenvalue weighted by Crippen LogP contribution is 2.22. The van der Waals surface area contributed by atoms with Crippen molar-refractivity contribution >= 4 is 21.9 Å². The number of aliphatic carboxylic acids is 1. The van der Waals surface area contributed by atoms with Gasteiger partial charge in [-0.3, -0.25) is 9.69 Å². The summed E-state index contributed by atoms with van der Waals surface area (Å²) in [6.07, 6.45) is 0. The van der Waals surface area contributed by atoms with E-state index in [0.29, 0.717) is 6.54 Å². The summed E-state index contributed by atoms with van der Waals surface area (Å²) in [7, 11) is 1.83. The van der Waals surface area contributed by atoms with E-state index >= 15 is 0 Å². The second kappa shape index (κ2) is 6.87. The molecule has 21 heavy (non-hydrogen) atoms. The molecule has 4 heteroatoms. The van der Waals surface area contributed by atoms with Crippen molar-refractivity contribution in [1.29, 1.82) is 0 Å². The number of carboxylic acids is 1. The fraction of sp³-hybridized carbons (Fsp3) is 0.235. The summed E-state index contributed by atoms with van der Waals surface area (Å²) in [6.45, 7) is 2.57. The second-order valence-electron chi connectivity index (χ2n) is 5.19. The van der Waals surface area contributed by atoms with Gasteiger partial charge in [0.15, 0.2) is 0 Å². The Hall–Kier alpha value is -1.65. The molecule has 1 N–H and O–H groups in total. The summed E-state index contributed by atoms with van der Waals surface area (Å²) in [6, 6.07) is 14.9.